The van der Waals surface area contributed by atoms with Crippen LogP contribution in [0.1, 0.15) is 17.6 Å². The minimum absolute atomic E-state index is 0.0180. The number of nitrogens with one attached hydrogen (secondary N) is 2. The number of hydrogen-bond donors (Lipinski definition) is 2. The minimum atomic E-state index is -0.568. The Morgan fingerprint density at radius 1 is 1.32 bits per heavy atom. The first kappa shape index (κ1) is 15.8. The first-order chi connectivity index (χ1) is 10.4. The highest BCUT2D eigenvalue weighted by Gasteiger charge is 2.06. The van der Waals surface area contributed by atoms with E-state index in [2.05, 4.69) is 15.6 Å². The van der Waals surface area contributed by atoms with Gasteiger partial charge in [-0.3, -0.25) is 9.59 Å². The average Bonchev–Trinajstić information content (AvgIpc) is 2.85. The number of nitrogens with zero attached hydrogens (tertiary/aromatic N) is 1. The van der Waals surface area contributed by atoms with Crippen LogP contribution in [0.5, 0.6) is 0 Å². The van der Waals surface area contributed by atoms with Gasteiger partial charge in [-0.1, -0.05) is 0 Å². The number of aromatic nitrogens is 1. The summed E-state index contributed by atoms with van der Waals surface area (Å²) in [5.41, 5.74) is 1.11. The molecule has 0 bridgehead atoms. The number of halogens is 1. The van der Waals surface area contributed by atoms with E-state index >= 15 is 0 Å². The molecule has 0 aliphatic rings. The number of hydrogen-bond acceptors (Lipinski definition) is 4. The van der Waals surface area contributed by atoms with Crippen molar-refractivity contribution in [3.8, 4) is 0 Å². The van der Waals surface area contributed by atoms with Gasteiger partial charge in [0.15, 0.2) is 0 Å². The first-order valence-electron chi connectivity index (χ1n) is 6.42. The summed E-state index contributed by atoms with van der Waals surface area (Å²) in [7, 11) is 0. The van der Waals surface area contributed by atoms with Gasteiger partial charge in [0.05, 0.1) is 16.4 Å². The highest BCUT2D eigenvalue weighted by atomic mass is 32.1. The molecule has 2 aromatic rings. The van der Waals surface area contributed by atoms with Crippen LogP contribution in [-0.4, -0.2) is 16.8 Å². The SMILES string of the molecule is CC(=O)Nc1cc(NC(=O)/C=C/c2csc(C)n2)ccc1F. The van der Waals surface area contributed by atoms with E-state index in [9.17, 15) is 14.0 Å². The van der Waals surface area contributed by atoms with Crippen LogP contribution in [0, 0.1) is 12.7 Å². The average molecular weight is 319 g/mol. The maximum atomic E-state index is 13.5. The van der Waals surface area contributed by atoms with E-state index in [1.54, 1.807) is 6.08 Å². The molecule has 0 unspecified atom stereocenters. The lowest BCUT2D eigenvalue weighted by Gasteiger charge is -2.07. The van der Waals surface area contributed by atoms with E-state index in [0.29, 0.717) is 11.4 Å². The number of carbonyl (C=O) groups excluding carboxylic acids is 2. The van der Waals surface area contributed by atoms with Crippen molar-refractivity contribution in [2.45, 2.75) is 13.8 Å². The third kappa shape index (κ3) is 4.49. The van der Waals surface area contributed by atoms with Gasteiger partial charge in [0.2, 0.25) is 11.8 Å². The number of rotatable bonds is 4. The predicted octanol–water partition coefficient (Wildman–Crippen LogP) is 3.20. The molecule has 0 aliphatic carbocycles. The lowest BCUT2D eigenvalue weighted by Crippen LogP contribution is -2.10. The van der Waals surface area contributed by atoms with Gasteiger partial charge in [-0.05, 0) is 31.2 Å². The summed E-state index contributed by atoms with van der Waals surface area (Å²) in [5.74, 6) is -1.33. The van der Waals surface area contributed by atoms with E-state index in [1.807, 2.05) is 12.3 Å². The zero-order valence-electron chi connectivity index (χ0n) is 12.0. The Labute approximate surface area is 130 Å². The molecule has 1 aromatic heterocycles. The van der Waals surface area contributed by atoms with Gasteiger partial charge in [0.25, 0.3) is 0 Å². The highest BCUT2D eigenvalue weighted by Crippen LogP contribution is 2.19. The molecular formula is C15H14FN3O2S. The van der Waals surface area contributed by atoms with Crippen molar-refractivity contribution in [3.63, 3.8) is 0 Å². The molecule has 22 heavy (non-hydrogen) atoms. The van der Waals surface area contributed by atoms with Crippen LogP contribution >= 0.6 is 11.3 Å². The first-order valence-corrected chi connectivity index (χ1v) is 7.30. The Balaban J connectivity index is 2.05. The number of amides is 2. The van der Waals surface area contributed by atoms with E-state index in [0.717, 1.165) is 5.01 Å². The molecule has 0 radical (unpaired) electrons. The highest BCUT2D eigenvalue weighted by molar-refractivity contribution is 7.09. The Bertz CT molecular complexity index is 740. The Morgan fingerprint density at radius 3 is 2.73 bits per heavy atom. The second-order valence-corrected chi connectivity index (χ2v) is 5.55. The molecule has 2 N–H and O–H groups in total. The monoisotopic (exact) mass is 319 g/mol. The van der Waals surface area contributed by atoms with Gasteiger partial charge in [0.1, 0.15) is 5.82 Å². The van der Waals surface area contributed by atoms with Crippen LogP contribution in [0.25, 0.3) is 6.08 Å². The van der Waals surface area contributed by atoms with Crippen LogP contribution in [0.3, 0.4) is 0 Å². The molecule has 2 amide bonds. The number of carbonyl (C=O) groups is 2. The quantitative estimate of drug-likeness (QED) is 0.850. The number of anilines is 2. The number of aryl methyl sites for hydroxylation is 1. The van der Waals surface area contributed by atoms with Gasteiger partial charge in [-0.15, -0.1) is 11.3 Å². The number of benzene rings is 1. The van der Waals surface area contributed by atoms with Gasteiger partial charge in [0, 0.05) is 24.1 Å². The van der Waals surface area contributed by atoms with E-state index in [4.69, 9.17) is 0 Å². The predicted molar refractivity (Wildman–Crippen MR) is 85.2 cm³/mol. The maximum absolute atomic E-state index is 13.5. The topological polar surface area (TPSA) is 71.1 Å². The summed E-state index contributed by atoms with van der Waals surface area (Å²) in [4.78, 5) is 27.0. The van der Waals surface area contributed by atoms with E-state index < -0.39 is 5.82 Å². The summed E-state index contributed by atoms with van der Waals surface area (Å²) < 4.78 is 13.5. The Morgan fingerprint density at radius 2 is 2.09 bits per heavy atom. The zero-order valence-corrected chi connectivity index (χ0v) is 12.8. The van der Waals surface area contributed by atoms with Crippen molar-refractivity contribution in [2.24, 2.45) is 0 Å². The van der Waals surface area contributed by atoms with Crippen LogP contribution in [-0.2, 0) is 9.59 Å². The van der Waals surface area contributed by atoms with Crippen molar-refractivity contribution >= 4 is 40.6 Å². The van der Waals surface area contributed by atoms with Gasteiger partial charge in [-0.2, -0.15) is 0 Å². The van der Waals surface area contributed by atoms with Gasteiger partial charge < -0.3 is 10.6 Å². The van der Waals surface area contributed by atoms with Crippen LogP contribution in [0.4, 0.5) is 15.8 Å². The van der Waals surface area contributed by atoms with Crippen LogP contribution in [0.15, 0.2) is 29.7 Å². The van der Waals surface area contributed by atoms with Gasteiger partial charge in [-0.25, -0.2) is 9.37 Å². The van der Waals surface area contributed by atoms with Crippen molar-refractivity contribution in [1.82, 2.24) is 4.98 Å². The van der Waals surface area contributed by atoms with Crippen molar-refractivity contribution in [3.05, 3.63) is 46.2 Å². The second-order valence-electron chi connectivity index (χ2n) is 4.49. The van der Waals surface area contributed by atoms with Crippen LogP contribution in [0.2, 0.25) is 0 Å². The summed E-state index contributed by atoms with van der Waals surface area (Å²) >= 11 is 1.49. The largest absolute Gasteiger partial charge is 0.324 e. The second kappa shape index (κ2) is 6.95. The van der Waals surface area contributed by atoms with E-state index in [1.165, 1.54) is 42.5 Å². The molecule has 0 spiro atoms. The lowest BCUT2D eigenvalue weighted by molar-refractivity contribution is -0.114. The summed E-state index contributed by atoms with van der Waals surface area (Å²) in [6, 6.07) is 3.95. The molecule has 0 saturated carbocycles. The Kier molecular flexibility index (Phi) is 5.00. The van der Waals surface area contributed by atoms with Crippen molar-refractivity contribution in [1.29, 1.82) is 0 Å². The molecule has 1 heterocycles. The normalized spacial score (nSPS) is 10.7. The maximum Gasteiger partial charge on any atom is 0.248 e. The smallest absolute Gasteiger partial charge is 0.248 e. The molecule has 0 saturated heterocycles. The fraction of sp³-hybridized carbons (Fsp3) is 0.133. The minimum Gasteiger partial charge on any atom is -0.324 e. The molecule has 1 aromatic carbocycles. The lowest BCUT2D eigenvalue weighted by atomic mass is 10.2. The number of thiazole rings is 1. The van der Waals surface area contributed by atoms with Crippen molar-refractivity contribution < 1.29 is 14.0 Å². The molecule has 0 atom stereocenters. The van der Waals surface area contributed by atoms with Gasteiger partial charge >= 0.3 is 0 Å². The molecule has 0 aliphatic heterocycles. The summed E-state index contributed by atoms with van der Waals surface area (Å²) in [5, 5.41) is 7.70. The molecule has 2 rings (SSSR count). The third-order valence-electron chi connectivity index (χ3n) is 2.59. The molecule has 5 nitrogen and oxygen atoms in total. The zero-order chi connectivity index (χ0) is 16.1. The standard InChI is InChI=1S/C15H14FN3O2S/c1-9(20)17-14-7-11(3-5-13(14)16)19-15(21)6-4-12-8-22-10(2)18-12/h3-8H,1-2H3,(H,17,20)(H,19,21)/b6-4+. The fourth-order valence-corrected chi connectivity index (χ4v) is 2.27. The Hall–Kier alpha value is -2.54. The van der Waals surface area contributed by atoms with Crippen LogP contribution < -0.4 is 10.6 Å². The molecular weight excluding hydrogens is 305 g/mol. The molecule has 114 valence electrons. The third-order valence-corrected chi connectivity index (χ3v) is 3.38. The summed E-state index contributed by atoms with van der Waals surface area (Å²) in [6.45, 7) is 3.16. The summed E-state index contributed by atoms with van der Waals surface area (Å²) in [6.07, 6.45) is 2.94. The molecule has 0 fully saturated rings. The van der Waals surface area contributed by atoms with Crippen molar-refractivity contribution in [2.75, 3.05) is 10.6 Å². The fourth-order valence-electron chi connectivity index (χ4n) is 1.69. The van der Waals surface area contributed by atoms with E-state index in [-0.39, 0.29) is 17.5 Å². The molecule has 7 heteroatoms.